The Morgan fingerprint density at radius 3 is 2.50 bits per heavy atom. The third kappa shape index (κ3) is 2.04. The van der Waals surface area contributed by atoms with Gasteiger partial charge in [-0.3, -0.25) is 0 Å². The van der Waals surface area contributed by atoms with Gasteiger partial charge >= 0.3 is 6.18 Å². The molecule has 1 fully saturated rings. The lowest BCUT2D eigenvalue weighted by Gasteiger charge is -2.12. The first kappa shape index (κ1) is 11.4. The zero-order valence-electron chi connectivity index (χ0n) is 8.39. The van der Waals surface area contributed by atoms with Gasteiger partial charge in [0.25, 0.3) is 0 Å². The molecule has 2 N–H and O–H groups in total. The Labute approximate surface area is 90.3 Å². The molecule has 1 aromatic rings. The second-order valence-corrected chi connectivity index (χ2v) is 4.07. The fourth-order valence-electron chi connectivity index (χ4n) is 1.99. The first-order valence-corrected chi connectivity index (χ1v) is 5.00. The Morgan fingerprint density at radius 2 is 2.00 bits per heavy atom. The number of hydrogen-bond donors (Lipinski definition) is 1. The molecule has 5 heteroatoms. The van der Waals surface area contributed by atoms with Crippen LogP contribution in [0.15, 0.2) is 18.2 Å². The molecule has 1 saturated carbocycles. The minimum atomic E-state index is -4.43. The summed E-state index contributed by atoms with van der Waals surface area (Å²) in [4.78, 5) is 0. The summed E-state index contributed by atoms with van der Waals surface area (Å²) < 4.78 is 50.9. The zero-order chi connectivity index (χ0) is 11.9. The van der Waals surface area contributed by atoms with E-state index in [1.54, 1.807) is 0 Å². The number of halogens is 4. The minimum Gasteiger partial charge on any atom is -0.330 e. The molecule has 0 aliphatic heterocycles. The van der Waals surface area contributed by atoms with Crippen LogP contribution in [0.25, 0.3) is 0 Å². The van der Waals surface area contributed by atoms with Crippen molar-refractivity contribution in [2.45, 2.75) is 18.5 Å². The Morgan fingerprint density at radius 1 is 1.31 bits per heavy atom. The predicted octanol–water partition coefficient (Wildman–Crippen LogP) is 2.91. The van der Waals surface area contributed by atoms with Crippen molar-refractivity contribution in [2.75, 3.05) is 6.54 Å². The fourth-order valence-corrected chi connectivity index (χ4v) is 1.99. The summed E-state index contributed by atoms with van der Waals surface area (Å²) in [6.07, 6.45) is -3.81. The SMILES string of the molecule is NCC1CC1c1cc(F)ccc1C(F)(F)F. The normalized spacial score (nSPS) is 24.6. The predicted molar refractivity (Wildman–Crippen MR) is 51.3 cm³/mol. The Bertz CT molecular complexity index is 399. The monoisotopic (exact) mass is 233 g/mol. The van der Waals surface area contributed by atoms with Gasteiger partial charge in [0.05, 0.1) is 5.56 Å². The van der Waals surface area contributed by atoms with E-state index < -0.39 is 17.6 Å². The van der Waals surface area contributed by atoms with Crippen LogP contribution in [0.5, 0.6) is 0 Å². The second kappa shape index (κ2) is 3.73. The summed E-state index contributed by atoms with van der Waals surface area (Å²) >= 11 is 0. The summed E-state index contributed by atoms with van der Waals surface area (Å²) in [5.74, 6) is -0.814. The van der Waals surface area contributed by atoms with Crippen LogP contribution in [0.1, 0.15) is 23.5 Å². The van der Waals surface area contributed by atoms with Gasteiger partial charge in [-0.05, 0) is 48.6 Å². The minimum absolute atomic E-state index is 0.0444. The fraction of sp³-hybridized carbons (Fsp3) is 0.455. The van der Waals surface area contributed by atoms with Crippen molar-refractivity contribution in [3.05, 3.63) is 35.1 Å². The molecule has 1 nitrogen and oxygen atoms in total. The van der Waals surface area contributed by atoms with E-state index in [2.05, 4.69) is 0 Å². The van der Waals surface area contributed by atoms with Gasteiger partial charge in [-0.25, -0.2) is 4.39 Å². The van der Waals surface area contributed by atoms with Gasteiger partial charge in [0, 0.05) is 0 Å². The van der Waals surface area contributed by atoms with E-state index in [1.807, 2.05) is 0 Å². The molecule has 0 bridgehead atoms. The van der Waals surface area contributed by atoms with Gasteiger partial charge in [0.2, 0.25) is 0 Å². The van der Waals surface area contributed by atoms with Crippen molar-refractivity contribution in [2.24, 2.45) is 11.7 Å². The van der Waals surface area contributed by atoms with E-state index in [9.17, 15) is 17.6 Å². The van der Waals surface area contributed by atoms with Gasteiger partial charge in [-0.15, -0.1) is 0 Å². The van der Waals surface area contributed by atoms with Crippen LogP contribution < -0.4 is 5.73 Å². The molecule has 0 heterocycles. The van der Waals surface area contributed by atoms with Crippen LogP contribution in [-0.2, 0) is 6.18 Å². The smallest absolute Gasteiger partial charge is 0.330 e. The molecule has 0 aromatic heterocycles. The summed E-state index contributed by atoms with van der Waals surface area (Å²) in [5, 5.41) is 0. The highest BCUT2D eigenvalue weighted by molar-refractivity contribution is 5.37. The van der Waals surface area contributed by atoms with E-state index in [0.29, 0.717) is 13.0 Å². The second-order valence-electron chi connectivity index (χ2n) is 4.07. The van der Waals surface area contributed by atoms with Crippen LogP contribution in [0.3, 0.4) is 0 Å². The first-order valence-electron chi connectivity index (χ1n) is 5.00. The third-order valence-electron chi connectivity index (χ3n) is 2.94. The molecule has 0 saturated heterocycles. The summed E-state index contributed by atoms with van der Waals surface area (Å²) in [6, 6.07) is 2.62. The maximum atomic E-state index is 13.0. The van der Waals surface area contributed by atoms with Crippen molar-refractivity contribution < 1.29 is 17.6 Å². The number of rotatable bonds is 2. The maximum absolute atomic E-state index is 13.0. The Kier molecular flexibility index (Phi) is 2.66. The highest BCUT2D eigenvalue weighted by Crippen LogP contribution is 2.50. The molecule has 0 amide bonds. The Balaban J connectivity index is 2.38. The summed E-state index contributed by atoms with van der Waals surface area (Å²) in [6.45, 7) is 0.346. The van der Waals surface area contributed by atoms with Crippen molar-refractivity contribution >= 4 is 0 Å². The zero-order valence-corrected chi connectivity index (χ0v) is 8.39. The molecule has 2 atom stereocenters. The van der Waals surface area contributed by atoms with Crippen molar-refractivity contribution in [1.29, 1.82) is 0 Å². The lowest BCUT2D eigenvalue weighted by Crippen LogP contribution is -2.10. The Hall–Kier alpha value is -1.10. The van der Waals surface area contributed by atoms with E-state index in [-0.39, 0.29) is 17.4 Å². The first-order chi connectivity index (χ1) is 7.43. The van der Waals surface area contributed by atoms with Crippen LogP contribution in [0.4, 0.5) is 17.6 Å². The number of nitrogens with two attached hydrogens (primary N) is 1. The van der Waals surface area contributed by atoms with Crippen LogP contribution in [0.2, 0.25) is 0 Å². The lowest BCUT2D eigenvalue weighted by atomic mass is 10.0. The largest absolute Gasteiger partial charge is 0.416 e. The molecule has 1 aliphatic rings. The molecule has 2 rings (SSSR count). The quantitative estimate of drug-likeness (QED) is 0.781. The van der Waals surface area contributed by atoms with E-state index in [4.69, 9.17) is 5.73 Å². The molecule has 16 heavy (non-hydrogen) atoms. The lowest BCUT2D eigenvalue weighted by molar-refractivity contribution is -0.138. The van der Waals surface area contributed by atoms with Crippen molar-refractivity contribution in [3.8, 4) is 0 Å². The number of benzene rings is 1. The molecule has 88 valence electrons. The molecule has 2 unspecified atom stereocenters. The summed E-state index contributed by atoms with van der Waals surface area (Å²) in [5.41, 5.74) is 4.69. The highest BCUT2D eigenvalue weighted by Gasteiger charge is 2.43. The van der Waals surface area contributed by atoms with Gasteiger partial charge in [0.1, 0.15) is 5.82 Å². The van der Waals surface area contributed by atoms with E-state index in [0.717, 1.165) is 18.2 Å². The molecule has 1 aromatic carbocycles. The van der Waals surface area contributed by atoms with Crippen LogP contribution in [0, 0.1) is 11.7 Å². The van der Waals surface area contributed by atoms with Crippen molar-refractivity contribution in [1.82, 2.24) is 0 Å². The molecular formula is C11H11F4N. The van der Waals surface area contributed by atoms with E-state index >= 15 is 0 Å². The standard InChI is InChI=1S/C11H11F4N/c12-7-1-2-10(11(13,14)15)9(4-7)8-3-6(8)5-16/h1-2,4,6,8H,3,5,16H2. The molecule has 0 radical (unpaired) electrons. The molecule has 0 spiro atoms. The average molecular weight is 233 g/mol. The highest BCUT2D eigenvalue weighted by atomic mass is 19.4. The van der Waals surface area contributed by atoms with Crippen molar-refractivity contribution in [3.63, 3.8) is 0 Å². The molecular weight excluding hydrogens is 222 g/mol. The topological polar surface area (TPSA) is 26.0 Å². The maximum Gasteiger partial charge on any atom is 0.416 e. The molecule has 1 aliphatic carbocycles. The van der Waals surface area contributed by atoms with Gasteiger partial charge in [-0.2, -0.15) is 13.2 Å². The van der Waals surface area contributed by atoms with Crippen LogP contribution in [-0.4, -0.2) is 6.54 Å². The van der Waals surface area contributed by atoms with Gasteiger partial charge < -0.3 is 5.73 Å². The van der Waals surface area contributed by atoms with Crippen LogP contribution >= 0.6 is 0 Å². The third-order valence-corrected chi connectivity index (χ3v) is 2.94. The number of hydrogen-bond acceptors (Lipinski definition) is 1. The number of alkyl halides is 3. The van der Waals surface area contributed by atoms with Gasteiger partial charge in [0.15, 0.2) is 0 Å². The van der Waals surface area contributed by atoms with E-state index in [1.165, 1.54) is 0 Å². The summed E-state index contributed by atoms with van der Waals surface area (Å²) in [7, 11) is 0. The average Bonchev–Trinajstić information content (AvgIpc) is 2.94. The van der Waals surface area contributed by atoms with Gasteiger partial charge in [-0.1, -0.05) is 0 Å².